The first-order valence-electron chi connectivity index (χ1n) is 5.23. The molecule has 0 aliphatic carbocycles. The van der Waals surface area contributed by atoms with Gasteiger partial charge >= 0.3 is 0 Å². The largest absolute Gasteiger partial charge is 0.330 e. The van der Waals surface area contributed by atoms with Crippen molar-refractivity contribution in [2.45, 2.75) is 0 Å². The van der Waals surface area contributed by atoms with Gasteiger partial charge in [0.1, 0.15) is 11.0 Å². The fraction of sp³-hybridized carbons (Fsp3) is 0.250. The van der Waals surface area contributed by atoms with E-state index in [4.69, 9.17) is 11.6 Å². The topological polar surface area (TPSA) is 19.4 Å². The maximum Gasteiger partial charge on any atom is 0.140 e. The number of hydrogen-bond acceptors (Lipinski definition) is 3. The Hall–Kier alpha value is -1.32. The average Bonchev–Trinajstić information content (AvgIpc) is 2.24. The van der Waals surface area contributed by atoms with Crippen LogP contribution in [0.3, 0.4) is 0 Å². The van der Waals surface area contributed by atoms with E-state index in [1.54, 1.807) is 0 Å². The molecule has 0 bridgehead atoms. The highest BCUT2D eigenvalue weighted by Gasteiger charge is 2.23. The number of nitrogens with zero attached hydrogens (tertiary/aromatic N) is 3. The zero-order valence-corrected chi connectivity index (χ0v) is 9.78. The first-order valence-corrected chi connectivity index (χ1v) is 5.60. The fourth-order valence-electron chi connectivity index (χ4n) is 2.06. The van der Waals surface area contributed by atoms with Gasteiger partial charge in [0, 0.05) is 5.39 Å². The Labute approximate surface area is 99.2 Å². The third-order valence-corrected chi connectivity index (χ3v) is 3.01. The number of hydrogen-bond donors (Lipinski definition) is 0. The van der Waals surface area contributed by atoms with Crippen LogP contribution in [0.15, 0.2) is 30.3 Å². The van der Waals surface area contributed by atoms with Gasteiger partial charge in [0.25, 0.3) is 0 Å². The molecule has 82 valence electrons. The molecule has 0 unspecified atom stereocenters. The van der Waals surface area contributed by atoms with Crippen LogP contribution >= 0.6 is 11.6 Å². The maximum absolute atomic E-state index is 6.03. The lowest BCUT2D eigenvalue weighted by Crippen LogP contribution is -2.53. The van der Waals surface area contributed by atoms with Gasteiger partial charge in [0.2, 0.25) is 0 Å². The highest BCUT2D eigenvalue weighted by molar-refractivity contribution is 6.30. The monoisotopic (exact) mass is 233 g/mol. The van der Waals surface area contributed by atoms with Crippen LogP contribution in [-0.2, 0) is 0 Å². The number of benzene rings is 1. The average molecular weight is 234 g/mol. The summed E-state index contributed by atoms with van der Waals surface area (Å²) in [5, 5.41) is 2.87. The van der Waals surface area contributed by atoms with Crippen LogP contribution in [0, 0.1) is 0 Å². The zero-order chi connectivity index (χ0) is 11.1. The normalized spacial score (nSPS) is 16.5. The molecule has 3 nitrogen and oxygen atoms in total. The first-order chi connectivity index (χ1) is 7.74. The van der Waals surface area contributed by atoms with Gasteiger partial charge in [-0.15, -0.1) is 0 Å². The summed E-state index contributed by atoms with van der Waals surface area (Å²) >= 11 is 6.03. The summed E-state index contributed by atoms with van der Waals surface area (Å²) in [6.07, 6.45) is 0. The smallest absolute Gasteiger partial charge is 0.140 e. The van der Waals surface area contributed by atoms with Crippen LogP contribution in [0.1, 0.15) is 0 Å². The van der Waals surface area contributed by atoms with Crippen LogP contribution < -0.4 is 4.90 Å². The van der Waals surface area contributed by atoms with Crippen molar-refractivity contribution in [3.63, 3.8) is 0 Å². The molecule has 0 saturated carbocycles. The molecule has 0 radical (unpaired) electrons. The minimum atomic E-state index is 0.559. The van der Waals surface area contributed by atoms with Gasteiger partial charge in [-0.1, -0.05) is 35.9 Å². The van der Waals surface area contributed by atoms with E-state index in [1.807, 2.05) is 18.2 Å². The van der Waals surface area contributed by atoms with Gasteiger partial charge < -0.3 is 4.90 Å². The Balaban J connectivity index is 2.15. The Morgan fingerprint density at radius 3 is 2.75 bits per heavy atom. The third kappa shape index (κ3) is 1.52. The molecule has 1 aliphatic heterocycles. The van der Waals surface area contributed by atoms with Crippen molar-refractivity contribution < 1.29 is 0 Å². The number of rotatable bonds is 1. The second-order valence-corrected chi connectivity index (χ2v) is 4.56. The van der Waals surface area contributed by atoms with E-state index in [-0.39, 0.29) is 0 Å². The van der Waals surface area contributed by atoms with Crippen molar-refractivity contribution in [2.24, 2.45) is 0 Å². The van der Waals surface area contributed by atoms with Crippen molar-refractivity contribution in [1.82, 2.24) is 9.88 Å². The molecule has 1 aromatic heterocycles. The second-order valence-electron chi connectivity index (χ2n) is 4.17. The summed E-state index contributed by atoms with van der Waals surface area (Å²) in [4.78, 5) is 8.86. The van der Waals surface area contributed by atoms with Crippen LogP contribution in [-0.4, -0.2) is 30.3 Å². The molecule has 1 aromatic carbocycles. The van der Waals surface area contributed by atoms with E-state index in [9.17, 15) is 0 Å². The van der Waals surface area contributed by atoms with E-state index in [0.717, 1.165) is 24.5 Å². The van der Waals surface area contributed by atoms with Crippen molar-refractivity contribution in [1.29, 1.82) is 0 Å². The van der Waals surface area contributed by atoms with E-state index in [0.29, 0.717) is 5.15 Å². The molecule has 0 N–H and O–H groups in total. The van der Waals surface area contributed by atoms with E-state index >= 15 is 0 Å². The van der Waals surface area contributed by atoms with E-state index < -0.39 is 0 Å². The molecule has 1 aliphatic rings. The fourth-order valence-corrected chi connectivity index (χ4v) is 2.26. The van der Waals surface area contributed by atoms with E-state index in [2.05, 4.69) is 34.0 Å². The molecule has 0 amide bonds. The summed E-state index contributed by atoms with van der Waals surface area (Å²) in [5.74, 6) is 0.987. The standard InChI is InChI=1S/C12H12ClN3/c1-15-7-16(8-15)12-10-5-3-2-4-9(10)6-11(13)14-12/h2-6H,7-8H2,1H3. The van der Waals surface area contributed by atoms with Crippen molar-refractivity contribution >= 4 is 28.2 Å². The number of fused-ring (bicyclic) bond motifs is 1. The number of aromatic nitrogens is 1. The summed E-state index contributed by atoms with van der Waals surface area (Å²) < 4.78 is 0. The molecule has 2 heterocycles. The third-order valence-electron chi connectivity index (χ3n) is 2.81. The molecule has 1 saturated heterocycles. The molecule has 2 aromatic rings. The highest BCUT2D eigenvalue weighted by atomic mass is 35.5. The molecular weight excluding hydrogens is 222 g/mol. The predicted octanol–water partition coefficient (Wildman–Crippen LogP) is 2.56. The lowest BCUT2D eigenvalue weighted by Gasteiger charge is -2.41. The van der Waals surface area contributed by atoms with Gasteiger partial charge in [0.15, 0.2) is 0 Å². The quantitative estimate of drug-likeness (QED) is 0.706. The summed E-state index contributed by atoms with van der Waals surface area (Å²) in [7, 11) is 2.09. The molecule has 16 heavy (non-hydrogen) atoms. The molecule has 0 spiro atoms. The maximum atomic E-state index is 6.03. The van der Waals surface area contributed by atoms with Crippen molar-refractivity contribution in [2.75, 3.05) is 25.3 Å². The highest BCUT2D eigenvalue weighted by Crippen LogP contribution is 2.29. The Bertz CT molecular complexity index is 535. The second kappa shape index (κ2) is 3.61. The zero-order valence-electron chi connectivity index (χ0n) is 9.02. The van der Waals surface area contributed by atoms with Gasteiger partial charge in [-0.2, -0.15) is 0 Å². The van der Waals surface area contributed by atoms with Crippen molar-refractivity contribution in [3.05, 3.63) is 35.5 Å². The Morgan fingerprint density at radius 1 is 1.25 bits per heavy atom. The van der Waals surface area contributed by atoms with Gasteiger partial charge in [0.05, 0.1) is 13.3 Å². The number of halogens is 1. The predicted molar refractivity (Wildman–Crippen MR) is 66.7 cm³/mol. The van der Waals surface area contributed by atoms with Crippen LogP contribution in [0.5, 0.6) is 0 Å². The number of anilines is 1. The minimum absolute atomic E-state index is 0.559. The van der Waals surface area contributed by atoms with Gasteiger partial charge in [-0.05, 0) is 18.5 Å². The van der Waals surface area contributed by atoms with Crippen molar-refractivity contribution in [3.8, 4) is 0 Å². The first kappa shape index (κ1) is 9.87. The number of pyridine rings is 1. The Kier molecular flexibility index (Phi) is 2.23. The van der Waals surface area contributed by atoms with Crippen LogP contribution in [0.4, 0.5) is 5.82 Å². The van der Waals surface area contributed by atoms with E-state index in [1.165, 1.54) is 5.39 Å². The molecule has 0 atom stereocenters. The molecular formula is C12H12ClN3. The minimum Gasteiger partial charge on any atom is -0.330 e. The summed E-state index contributed by atoms with van der Waals surface area (Å²) in [6, 6.07) is 10.1. The molecule has 3 rings (SSSR count). The van der Waals surface area contributed by atoms with Gasteiger partial charge in [-0.25, -0.2) is 4.98 Å². The SMILES string of the molecule is CN1CN(c2nc(Cl)cc3ccccc23)C1. The molecule has 1 fully saturated rings. The van der Waals surface area contributed by atoms with Gasteiger partial charge in [-0.3, -0.25) is 4.90 Å². The summed E-state index contributed by atoms with van der Waals surface area (Å²) in [5.41, 5.74) is 0. The van der Waals surface area contributed by atoms with Crippen LogP contribution in [0.25, 0.3) is 10.8 Å². The molecule has 4 heteroatoms. The lowest BCUT2D eigenvalue weighted by molar-refractivity contribution is 0.230. The summed E-state index contributed by atoms with van der Waals surface area (Å²) in [6.45, 7) is 1.83. The lowest BCUT2D eigenvalue weighted by atomic mass is 10.1. The Morgan fingerprint density at radius 2 is 2.00 bits per heavy atom. The van der Waals surface area contributed by atoms with Crippen LogP contribution in [0.2, 0.25) is 5.15 Å².